The molecule has 0 radical (unpaired) electrons. The molecule has 2 N–H and O–H groups in total. The molecule has 0 bridgehead atoms. The molecule has 2 aromatic rings. The van der Waals surface area contributed by atoms with Gasteiger partial charge in [-0.15, -0.1) is 11.3 Å². The van der Waals surface area contributed by atoms with Gasteiger partial charge in [-0.05, 0) is 17.5 Å². The number of hydrogen-bond acceptors (Lipinski definition) is 4. The standard InChI is InChI=1S/C12H14N4O2S/c1-16(12(18)10-3-2-6-19-10)8-11(17)13-7-9-4-5-14-15-9/h2-6H,7-8H2,1H3,(H,13,17)(H,14,15). The van der Waals surface area contributed by atoms with Crippen LogP contribution in [-0.4, -0.2) is 40.5 Å². The number of aromatic amines is 1. The van der Waals surface area contributed by atoms with Crippen molar-refractivity contribution in [1.29, 1.82) is 0 Å². The smallest absolute Gasteiger partial charge is 0.264 e. The van der Waals surface area contributed by atoms with Gasteiger partial charge in [-0.1, -0.05) is 6.07 Å². The first-order chi connectivity index (χ1) is 9.16. The molecule has 0 saturated carbocycles. The van der Waals surface area contributed by atoms with Crippen molar-refractivity contribution in [2.24, 2.45) is 0 Å². The van der Waals surface area contributed by atoms with Gasteiger partial charge >= 0.3 is 0 Å². The highest BCUT2D eigenvalue weighted by molar-refractivity contribution is 7.12. The summed E-state index contributed by atoms with van der Waals surface area (Å²) < 4.78 is 0. The normalized spacial score (nSPS) is 10.2. The van der Waals surface area contributed by atoms with Crippen LogP contribution in [0.3, 0.4) is 0 Å². The van der Waals surface area contributed by atoms with Crippen molar-refractivity contribution >= 4 is 23.2 Å². The molecular formula is C12H14N4O2S. The topological polar surface area (TPSA) is 78.1 Å². The molecule has 0 fully saturated rings. The van der Waals surface area contributed by atoms with Crippen molar-refractivity contribution in [3.63, 3.8) is 0 Å². The molecule has 2 amide bonds. The summed E-state index contributed by atoms with van der Waals surface area (Å²) in [6.07, 6.45) is 1.62. The Labute approximate surface area is 114 Å². The third kappa shape index (κ3) is 3.65. The summed E-state index contributed by atoms with van der Waals surface area (Å²) in [5.74, 6) is -0.353. The largest absolute Gasteiger partial charge is 0.349 e. The maximum Gasteiger partial charge on any atom is 0.264 e. The fourth-order valence-electron chi connectivity index (χ4n) is 1.51. The van der Waals surface area contributed by atoms with Crippen LogP contribution in [0.15, 0.2) is 29.8 Å². The van der Waals surface area contributed by atoms with Gasteiger partial charge in [0, 0.05) is 13.2 Å². The van der Waals surface area contributed by atoms with Crippen LogP contribution in [0.5, 0.6) is 0 Å². The zero-order chi connectivity index (χ0) is 13.7. The van der Waals surface area contributed by atoms with E-state index in [1.165, 1.54) is 16.2 Å². The molecule has 0 aliphatic heterocycles. The zero-order valence-electron chi connectivity index (χ0n) is 10.4. The summed E-state index contributed by atoms with van der Waals surface area (Å²) in [5, 5.41) is 11.1. The molecule has 0 aliphatic rings. The number of nitrogens with zero attached hydrogens (tertiary/aromatic N) is 2. The first-order valence-corrected chi connectivity index (χ1v) is 6.58. The monoisotopic (exact) mass is 278 g/mol. The second-order valence-electron chi connectivity index (χ2n) is 4.00. The van der Waals surface area contributed by atoms with Crippen molar-refractivity contribution in [3.05, 3.63) is 40.3 Å². The van der Waals surface area contributed by atoms with Crippen molar-refractivity contribution in [3.8, 4) is 0 Å². The van der Waals surface area contributed by atoms with Gasteiger partial charge in [-0.3, -0.25) is 14.7 Å². The van der Waals surface area contributed by atoms with Gasteiger partial charge in [-0.2, -0.15) is 5.10 Å². The minimum absolute atomic E-state index is 0.0326. The van der Waals surface area contributed by atoms with E-state index in [1.807, 2.05) is 11.4 Å². The Hall–Kier alpha value is -2.15. The van der Waals surface area contributed by atoms with Crippen LogP contribution < -0.4 is 5.32 Å². The van der Waals surface area contributed by atoms with Crippen LogP contribution in [0.1, 0.15) is 15.4 Å². The van der Waals surface area contributed by atoms with Gasteiger partial charge in [0.15, 0.2) is 0 Å². The van der Waals surface area contributed by atoms with Gasteiger partial charge < -0.3 is 10.2 Å². The highest BCUT2D eigenvalue weighted by Crippen LogP contribution is 2.10. The van der Waals surface area contributed by atoms with Gasteiger partial charge in [0.05, 0.1) is 23.7 Å². The number of amides is 2. The van der Waals surface area contributed by atoms with Crippen LogP contribution >= 0.6 is 11.3 Å². The molecule has 2 rings (SSSR count). The predicted octanol–water partition coefficient (Wildman–Crippen LogP) is 0.860. The Kier molecular flexibility index (Phi) is 4.30. The minimum Gasteiger partial charge on any atom is -0.349 e. The van der Waals surface area contributed by atoms with E-state index in [1.54, 1.807) is 25.4 Å². The summed E-state index contributed by atoms with van der Waals surface area (Å²) in [7, 11) is 1.61. The number of carbonyl (C=O) groups is 2. The number of rotatable bonds is 5. The lowest BCUT2D eigenvalue weighted by atomic mass is 10.4. The lowest BCUT2D eigenvalue weighted by Crippen LogP contribution is -2.37. The third-order valence-corrected chi connectivity index (χ3v) is 3.35. The quantitative estimate of drug-likeness (QED) is 0.851. The molecule has 0 unspecified atom stereocenters. The van der Waals surface area contributed by atoms with E-state index in [4.69, 9.17) is 0 Å². The van der Waals surface area contributed by atoms with E-state index >= 15 is 0 Å². The molecule has 0 aromatic carbocycles. The Bertz CT molecular complexity index is 536. The van der Waals surface area contributed by atoms with E-state index < -0.39 is 0 Å². The average Bonchev–Trinajstić information content (AvgIpc) is 3.08. The second kappa shape index (κ2) is 6.14. The second-order valence-corrected chi connectivity index (χ2v) is 4.94. The van der Waals surface area contributed by atoms with E-state index in [9.17, 15) is 9.59 Å². The van der Waals surface area contributed by atoms with Crippen LogP contribution in [-0.2, 0) is 11.3 Å². The van der Waals surface area contributed by atoms with Gasteiger partial charge in [0.1, 0.15) is 0 Å². The number of likely N-dealkylation sites (N-methyl/N-ethyl adjacent to an activating group) is 1. The number of thiophene rings is 1. The Morgan fingerprint density at radius 3 is 2.95 bits per heavy atom. The van der Waals surface area contributed by atoms with Gasteiger partial charge in [0.25, 0.3) is 5.91 Å². The van der Waals surface area contributed by atoms with Crippen LogP contribution in [0.25, 0.3) is 0 Å². The van der Waals surface area contributed by atoms with Crippen molar-refractivity contribution in [2.75, 3.05) is 13.6 Å². The number of aromatic nitrogens is 2. The molecule has 2 heterocycles. The van der Waals surface area contributed by atoms with Crippen molar-refractivity contribution in [1.82, 2.24) is 20.4 Å². The number of carbonyl (C=O) groups excluding carboxylic acids is 2. The summed E-state index contributed by atoms with van der Waals surface area (Å²) in [6, 6.07) is 5.33. The van der Waals surface area contributed by atoms with Crippen LogP contribution in [0.4, 0.5) is 0 Å². The molecule has 6 nitrogen and oxygen atoms in total. The first-order valence-electron chi connectivity index (χ1n) is 5.70. The zero-order valence-corrected chi connectivity index (χ0v) is 11.2. The molecule has 2 aromatic heterocycles. The summed E-state index contributed by atoms with van der Waals surface area (Å²) >= 11 is 1.36. The molecule has 0 atom stereocenters. The highest BCUT2D eigenvalue weighted by atomic mass is 32.1. The van der Waals surface area contributed by atoms with Crippen LogP contribution in [0, 0.1) is 0 Å². The number of nitrogens with one attached hydrogen (secondary N) is 2. The molecule has 7 heteroatoms. The minimum atomic E-state index is -0.206. The van der Waals surface area contributed by atoms with Crippen molar-refractivity contribution < 1.29 is 9.59 Å². The first kappa shape index (κ1) is 13.3. The molecule has 0 spiro atoms. The van der Waals surface area contributed by atoms with E-state index in [0.717, 1.165) is 5.69 Å². The Morgan fingerprint density at radius 1 is 1.47 bits per heavy atom. The van der Waals surface area contributed by atoms with Gasteiger partial charge in [0.2, 0.25) is 5.91 Å². The van der Waals surface area contributed by atoms with Crippen molar-refractivity contribution in [2.45, 2.75) is 6.54 Å². The average molecular weight is 278 g/mol. The lowest BCUT2D eigenvalue weighted by Gasteiger charge is -2.15. The number of hydrogen-bond donors (Lipinski definition) is 2. The van der Waals surface area contributed by atoms with Gasteiger partial charge in [-0.25, -0.2) is 0 Å². The maximum atomic E-state index is 11.9. The maximum absolute atomic E-state index is 11.9. The molecule has 100 valence electrons. The fraction of sp³-hybridized carbons (Fsp3) is 0.250. The summed E-state index contributed by atoms with van der Waals surface area (Å²) in [4.78, 5) is 25.6. The summed E-state index contributed by atoms with van der Waals surface area (Å²) in [5.41, 5.74) is 0.820. The predicted molar refractivity (Wildman–Crippen MR) is 71.7 cm³/mol. The Balaban J connectivity index is 1.80. The van der Waals surface area contributed by atoms with E-state index in [0.29, 0.717) is 11.4 Å². The van der Waals surface area contributed by atoms with Crippen LogP contribution in [0.2, 0.25) is 0 Å². The lowest BCUT2D eigenvalue weighted by molar-refractivity contribution is -0.121. The SMILES string of the molecule is CN(CC(=O)NCc1ccn[nH]1)C(=O)c1cccs1. The Morgan fingerprint density at radius 2 is 2.32 bits per heavy atom. The molecule has 0 saturated heterocycles. The van der Waals surface area contributed by atoms with E-state index in [2.05, 4.69) is 15.5 Å². The third-order valence-electron chi connectivity index (χ3n) is 2.49. The highest BCUT2D eigenvalue weighted by Gasteiger charge is 2.15. The molecular weight excluding hydrogens is 264 g/mol. The van der Waals surface area contributed by atoms with E-state index in [-0.39, 0.29) is 18.4 Å². The number of H-pyrrole nitrogens is 1. The molecule has 0 aliphatic carbocycles. The fourth-order valence-corrected chi connectivity index (χ4v) is 2.23. The summed E-state index contributed by atoms with van der Waals surface area (Å²) in [6.45, 7) is 0.407. The molecule has 19 heavy (non-hydrogen) atoms.